The lowest BCUT2D eigenvalue weighted by molar-refractivity contribution is -0.148. The van der Waals surface area contributed by atoms with E-state index in [1.807, 2.05) is 12.1 Å². The van der Waals surface area contributed by atoms with Crippen LogP contribution < -0.4 is 5.73 Å². The predicted molar refractivity (Wildman–Crippen MR) is 45.0 cm³/mol. The van der Waals surface area contributed by atoms with Gasteiger partial charge in [0.15, 0.2) is 0 Å². The molecule has 3 heteroatoms. The van der Waals surface area contributed by atoms with Crippen LogP contribution in [-0.4, -0.2) is 31.3 Å². The summed E-state index contributed by atoms with van der Waals surface area (Å²) < 4.78 is 0. The summed E-state index contributed by atoms with van der Waals surface area (Å²) in [5.41, 5.74) is 5.78. The molecule has 1 rings (SSSR count). The van der Waals surface area contributed by atoms with E-state index in [9.17, 15) is 0 Å². The SMILES string of the molecule is CON(C)C1CCC(N)CC1. The second-order valence-electron chi connectivity index (χ2n) is 3.30. The van der Waals surface area contributed by atoms with Crippen LogP contribution in [0.15, 0.2) is 0 Å². The number of nitrogens with zero attached hydrogens (tertiary/aromatic N) is 1. The molecule has 0 aromatic heterocycles. The molecule has 0 atom stereocenters. The molecule has 0 amide bonds. The summed E-state index contributed by atoms with van der Waals surface area (Å²) in [4.78, 5) is 5.12. The monoisotopic (exact) mass is 158 g/mol. The lowest BCUT2D eigenvalue weighted by Gasteiger charge is -2.31. The summed E-state index contributed by atoms with van der Waals surface area (Å²) in [5.74, 6) is 0. The molecule has 2 N–H and O–H groups in total. The number of hydrogen-bond acceptors (Lipinski definition) is 3. The van der Waals surface area contributed by atoms with E-state index >= 15 is 0 Å². The van der Waals surface area contributed by atoms with E-state index in [1.54, 1.807) is 7.11 Å². The van der Waals surface area contributed by atoms with Gasteiger partial charge in [-0.2, -0.15) is 5.06 Å². The maximum Gasteiger partial charge on any atom is 0.0575 e. The topological polar surface area (TPSA) is 38.5 Å². The highest BCUT2D eigenvalue weighted by molar-refractivity contribution is 4.77. The van der Waals surface area contributed by atoms with Gasteiger partial charge in [-0.25, -0.2) is 0 Å². The Balaban J connectivity index is 2.27. The van der Waals surface area contributed by atoms with Gasteiger partial charge in [-0.1, -0.05) is 0 Å². The van der Waals surface area contributed by atoms with Crippen molar-refractivity contribution >= 4 is 0 Å². The first-order valence-electron chi connectivity index (χ1n) is 4.26. The highest BCUT2D eigenvalue weighted by Gasteiger charge is 2.21. The molecular formula is C8H18N2O. The molecule has 0 radical (unpaired) electrons. The van der Waals surface area contributed by atoms with Crippen LogP contribution >= 0.6 is 0 Å². The Morgan fingerprint density at radius 1 is 1.27 bits per heavy atom. The molecule has 0 aliphatic heterocycles. The normalized spacial score (nSPS) is 32.7. The Kier molecular flexibility index (Phi) is 3.30. The van der Waals surface area contributed by atoms with Crippen LogP contribution in [0.25, 0.3) is 0 Å². The fourth-order valence-electron chi connectivity index (χ4n) is 1.61. The Morgan fingerprint density at radius 2 is 1.82 bits per heavy atom. The molecule has 66 valence electrons. The van der Waals surface area contributed by atoms with Crippen molar-refractivity contribution in [3.8, 4) is 0 Å². The summed E-state index contributed by atoms with van der Waals surface area (Å²) in [6.07, 6.45) is 4.62. The van der Waals surface area contributed by atoms with Crippen LogP contribution in [-0.2, 0) is 4.84 Å². The number of rotatable bonds is 2. The number of nitrogens with two attached hydrogens (primary N) is 1. The highest BCUT2D eigenvalue weighted by Crippen LogP contribution is 2.20. The molecular weight excluding hydrogens is 140 g/mol. The van der Waals surface area contributed by atoms with Gasteiger partial charge in [-0.3, -0.25) is 0 Å². The fraction of sp³-hybridized carbons (Fsp3) is 1.00. The van der Waals surface area contributed by atoms with Gasteiger partial charge in [0.25, 0.3) is 0 Å². The molecule has 1 aliphatic carbocycles. The lowest BCUT2D eigenvalue weighted by atomic mass is 9.92. The van der Waals surface area contributed by atoms with E-state index in [-0.39, 0.29) is 0 Å². The third kappa shape index (κ3) is 2.43. The van der Waals surface area contributed by atoms with Crippen molar-refractivity contribution in [2.45, 2.75) is 37.8 Å². The molecule has 1 saturated carbocycles. The quantitative estimate of drug-likeness (QED) is 0.603. The van der Waals surface area contributed by atoms with Gasteiger partial charge in [0, 0.05) is 19.1 Å². The van der Waals surface area contributed by atoms with Crippen LogP contribution in [0, 0.1) is 0 Å². The van der Waals surface area contributed by atoms with E-state index in [0.29, 0.717) is 12.1 Å². The third-order valence-corrected chi connectivity index (χ3v) is 2.54. The minimum absolute atomic E-state index is 0.427. The van der Waals surface area contributed by atoms with Crippen molar-refractivity contribution in [1.29, 1.82) is 0 Å². The van der Waals surface area contributed by atoms with Crippen LogP contribution in [0.4, 0.5) is 0 Å². The Bertz CT molecular complexity index is 111. The van der Waals surface area contributed by atoms with E-state index < -0.39 is 0 Å². The van der Waals surface area contributed by atoms with Gasteiger partial charge in [0.1, 0.15) is 0 Å². The largest absolute Gasteiger partial charge is 0.328 e. The van der Waals surface area contributed by atoms with Crippen LogP contribution in [0.5, 0.6) is 0 Å². The zero-order valence-corrected chi connectivity index (χ0v) is 7.42. The van der Waals surface area contributed by atoms with E-state index in [2.05, 4.69) is 0 Å². The van der Waals surface area contributed by atoms with Crippen molar-refractivity contribution in [2.75, 3.05) is 14.2 Å². The Labute approximate surface area is 68.5 Å². The first-order valence-corrected chi connectivity index (χ1v) is 4.26. The fourth-order valence-corrected chi connectivity index (χ4v) is 1.61. The zero-order chi connectivity index (χ0) is 8.27. The van der Waals surface area contributed by atoms with Gasteiger partial charge < -0.3 is 10.6 Å². The van der Waals surface area contributed by atoms with Gasteiger partial charge in [-0.15, -0.1) is 0 Å². The maximum atomic E-state index is 5.78. The molecule has 1 fully saturated rings. The van der Waals surface area contributed by atoms with Crippen LogP contribution in [0.1, 0.15) is 25.7 Å². The summed E-state index contributed by atoms with van der Waals surface area (Å²) in [6.45, 7) is 0. The van der Waals surface area contributed by atoms with Crippen molar-refractivity contribution < 1.29 is 4.84 Å². The second kappa shape index (κ2) is 4.04. The second-order valence-corrected chi connectivity index (χ2v) is 3.30. The molecule has 0 aromatic rings. The molecule has 11 heavy (non-hydrogen) atoms. The summed E-state index contributed by atoms with van der Waals surface area (Å²) >= 11 is 0. The lowest BCUT2D eigenvalue weighted by Crippen LogP contribution is -2.38. The molecule has 0 unspecified atom stereocenters. The predicted octanol–water partition coefficient (Wildman–Crippen LogP) is 0.749. The molecule has 0 bridgehead atoms. The van der Waals surface area contributed by atoms with Gasteiger partial charge in [0.2, 0.25) is 0 Å². The molecule has 0 aromatic carbocycles. The Hall–Kier alpha value is -0.120. The smallest absolute Gasteiger partial charge is 0.0575 e. The molecule has 1 aliphatic rings. The van der Waals surface area contributed by atoms with Crippen LogP contribution in [0.2, 0.25) is 0 Å². The van der Waals surface area contributed by atoms with Crippen molar-refractivity contribution in [2.24, 2.45) is 5.73 Å². The third-order valence-electron chi connectivity index (χ3n) is 2.54. The minimum atomic E-state index is 0.427. The maximum absolute atomic E-state index is 5.78. The van der Waals surface area contributed by atoms with E-state index in [1.165, 1.54) is 12.8 Å². The molecule has 0 spiro atoms. The molecule has 0 saturated heterocycles. The summed E-state index contributed by atoms with van der Waals surface area (Å²) in [5, 5.41) is 1.94. The van der Waals surface area contributed by atoms with E-state index in [0.717, 1.165) is 12.8 Å². The first kappa shape index (κ1) is 8.97. The van der Waals surface area contributed by atoms with Gasteiger partial charge >= 0.3 is 0 Å². The van der Waals surface area contributed by atoms with E-state index in [4.69, 9.17) is 10.6 Å². The Morgan fingerprint density at radius 3 is 2.27 bits per heavy atom. The van der Waals surface area contributed by atoms with Crippen molar-refractivity contribution in [3.05, 3.63) is 0 Å². The average Bonchev–Trinajstić information content (AvgIpc) is 2.05. The van der Waals surface area contributed by atoms with Crippen LogP contribution in [0.3, 0.4) is 0 Å². The summed E-state index contributed by atoms with van der Waals surface area (Å²) in [7, 11) is 3.70. The zero-order valence-electron chi connectivity index (χ0n) is 7.42. The standard InChI is InChI=1S/C8H18N2O/c1-10(11-2)8-5-3-7(9)4-6-8/h7-8H,3-6,9H2,1-2H3. The molecule has 0 heterocycles. The number of hydroxylamine groups is 2. The van der Waals surface area contributed by atoms with Gasteiger partial charge in [-0.05, 0) is 25.7 Å². The average molecular weight is 158 g/mol. The van der Waals surface area contributed by atoms with Crippen molar-refractivity contribution in [1.82, 2.24) is 5.06 Å². The first-order chi connectivity index (χ1) is 5.24. The molecule has 3 nitrogen and oxygen atoms in total. The minimum Gasteiger partial charge on any atom is -0.328 e. The number of hydrogen-bond donors (Lipinski definition) is 1. The van der Waals surface area contributed by atoms with Gasteiger partial charge in [0.05, 0.1) is 7.11 Å². The summed E-state index contributed by atoms with van der Waals surface area (Å²) in [6, 6.07) is 1.01. The van der Waals surface area contributed by atoms with Crippen molar-refractivity contribution in [3.63, 3.8) is 0 Å². The highest BCUT2D eigenvalue weighted by atomic mass is 16.7.